The number of nitrogens with one attached hydrogen (secondary N) is 2. The van der Waals surface area contributed by atoms with Gasteiger partial charge in [-0.15, -0.1) is 0 Å². The van der Waals surface area contributed by atoms with E-state index in [2.05, 4.69) is 42.7 Å². The first-order chi connectivity index (χ1) is 11.0. The molecule has 120 valence electrons. The highest BCUT2D eigenvalue weighted by Gasteiger charge is 2.10. The van der Waals surface area contributed by atoms with Gasteiger partial charge in [-0.2, -0.15) is 0 Å². The lowest BCUT2D eigenvalue weighted by Crippen LogP contribution is -2.44. The highest BCUT2D eigenvalue weighted by molar-refractivity contribution is 9.11. The summed E-state index contributed by atoms with van der Waals surface area (Å²) < 4.78 is 7.00. The predicted molar refractivity (Wildman–Crippen MR) is 94.1 cm³/mol. The monoisotopic (exact) mass is 440 g/mol. The van der Waals surface area contributed by atoms with Crippen LogP contribution in [0.2, 0.25) is 0 Å². The third kappa shape index (κ3) is 5.07. The normalized spacial score (nSPS) is 10.0. The van der Waals surface area contributed by atoms with Gasteiger partial charge in [-0.1, -0.05) is 34.1 Å². The molecule has 0 aliphatic rings. The fraction of sp³-hybridized carbons (Fsp3) is 0.125. The SMILES string of the molecule is Cc1ccccc1C(=O)NNC(=O)COc1ccc(Br)cc1Br. The van der Waals surface area contributed by atoms with Crippen molar-refractivity contribution >= 4 is 43.7 Å². The fourth-order valence-electron chi connectivity index (χ4n) is 1.79. The standard InChI is InChI=1S/C16H14Br2N2O3/c1-10-4-2-3-5-12(10)16(22)20-19-15(21)9-23-14-7-6-11(17)8-13(14)18/h2-8H,9H2,1H3,(H,19,21)(H,20,22). The summed E-state index contributed by atoms with van der Waals surface area (Å²) >= 11 is 6.67. The Morgan fingerprint density at radius 3 is 2.52 bits per heavy atom. The van der Waals surface area contributed by atoms with Gasteiger partial charge in [0.15, 0.2) is 6.61 Å². The van der Waals surface area contributed by atoms with Crippen LogP contribution in [0.15, 0.2) is 51.4 Å². The van der Waals surface area contributed by atoms with E-state index >= 15 is 0 Å². The fourth-order valence-corrected chi connectivity index (χ4v) is 2.95. The third-order valence-electron chi connectivity index (χ3n) is 2.96. The summed E-state index contributed by atoms with van der Waals surface area (Å²) in [6.07, 6.45) is 0. The average molecular weight is 442 g/mol. The molecular formula is C16H14Br2N2O3. The molecule has 0 fully saturated rings. The van der Waals surface area contributed by atoms with E-state index in [0.29, 0.717) is 11.3 Å². The lowest BCUT2D eigenvalue weighted by molar-refractivity contribution is -0.123. The molecule has 0 radical (unpaired) electrons. The van der Waals surface area contributed by atoms with Crippen molar-refractivity contribution in [3.8, 4) is 5.75 Å². The van der Waals surface area contributed by atoms with Crippen LogP contribution in [0.4, 0.5) is 0 Å². The van der Waals surface area contributed by atoms with Gasteiger partial charge in [0.25, 0.3) is 11.8 Å². The first kappa shape index (κ1) is 17.5. The van der Waals surface area contributed by atoms with Gasteiger partial charge in [0.05, 0.1) is 4.47 Å². The van der Waals surface area contributed by atoms with E-state index in [1.54, 1.807) is 24.3 Å². The maximum atomic E-state index is 12.0. The van der Waals surface area contributed by atoms with E-state index in [1.165, 1.54) is 0 Å². The first-order valence-electron chi connectivity index (χ1n) is 6.70. The van der Waals surface area contributed by atoms with Crippen LogP contribution in [0.1, 0.15) is 15.9 Å². The van der Waals surface area contributed by atoms with Gasteiger partial charge in [-0.3, -0.25) is 20.4 Å². The molecule has 0 saturated heterocycles. The minimum atomic E-state index is -0.457. The predicted octanol–water partition coefficient (Wildman–Crippen LogP) is 3.36. The Hall–Kier alpha value is -1.86. The van der Waals surface area contributed by atoms with Crippen molar-refractivity contribution in [3.05, 3.63) is 62.5 Å². The molecule has 0 bridgehead atoms. The molecule has 5 nitrogen and oxygen atoms in total. The molecule has 2 rings (SSSR count). The maximum absolute atomic E-state index is 12.0. The Balaban J connectivity index is 1.83. The van der Waals surface area contributed by atoms with Gasteiger partial charge in [-0.05, 0) is 52.7 Å². The summed E-state index contributed by atoms with van der Waals surface area (Å²) in [6.45, 7) is 1.61. The number of rotatable bonds is 4. The van der Waals surface area contributed by atoms with E-state index < -0.39 is 5.91 Å². The summed E-state index contributed by atoms with van der Waals surface area (Å²) in [5, 5.41) is 0. The number of carbonyl (C=O) groups excluding carboxylic acids is 2. The van der Waals surface area contributed by atoms with E-state index in [4.69, 9.17) is 4.74 Å². The highest BCUT2D eigenvalue weighted by Crippen LogP contribution is 2.27. The van der Waals surface area contributed by atoms with Crippen molar-refractivity contribution in [2.45, 2.75) is 6.92 Å². The molecule has 2 aromatic rings. The Morgan fingerprint density at radius 2 is 1.83 bits per heavy atom. The maximum Gasteiger partial charge on any atom is 0.276 e. The zero-order chi connectivity index (χ0) is 16.8. The summed E-state index contributed by atoms with van der Waals surface area (Å²) in [7, 11) is 0. The van der Waals surface area contributed by atoms with Gasteiger partial charge in [0.1, 0.15) is 5.75 Å². The van der Waals surface area contributed by atoms with Crippen LogP contribution in [-0.4, -0.2) is 18.4 Å². The summed E-state index contributed by atoms with van der Waals surface area (Å²) in [6, 6.07) is 12.5. The second-order valence-corrected chi connectivity index (χ2v) is 6.45. The van der Waals surface area contributed by atoms with Gasteiger partial charge >= 0.3 is 0 Å². The molecule has 0 unspecified atom stereocenters. The number of hydrogen-bond donors (Lipinski definition) is 2. The van der Waals surface area contributed by atoms with E-state index in [0.717, 1.165) is 14.5 Å². The van der Waals surface area contributed by atoms with Crippen LogP contribution in [0.3, 0.4) is 0 Å². The van der Waals surface area contributed by atoms with Crippen LogP contribution in [0.25, 0.3) is 0 Å². The van der Waals surface area contributed by atoms with Crippen molar-refractivity contribution in [1.82, 2.24) is 10.9 Å². The molecule has 0 atom stereocenters. The number of amides is 2. The van der Waals surface area contributed by atoms with Crippen molar-refractivity contribution in [3.63, 3.8) is 0 Å². The van der Waals surface area contributed by atoms with Crippen molar-refractivity contribution in [2.75, 3.05) is 6.61 Å². The molecule has 0 spiro atoms. The van der Waals surface area contributed by atoms with Crippen LogP contribution in [0, 0.1) is 6.92 Å². The number of halogens is 2. The zero-order valence-corrected chi connectivity index (χ0v) is 15.4. The Morgan fingerprint density at radius 1 is 1.09 bits per heavy atom. The quantitative estimate of drug-likeness (QED) is 0.715. The van der Waals surface area contributed by atoms with E-state index in [-0.39, 0.29) is 12.5 Å². The molecule has 7 heteroatoms. The molecule has 0 aliphatic heterocycles. The number of hydrogen-bond acceptors (Lipinski definition) is 3. The van der Waals surface area contributed by atoms with Crippen LogP contribution >= 0.6 is 31.9 Å². The smallest absolute Gasteiger partial charge is 0.276 e. The highest BCUT2D eigenvalue weighted by atomic mass is 79.9. The summed E-state index contributed by atoms with van der Waals surface area (Å²) in [5.41, 5.74) is 6.02. The van der Waals surface area contributed by atoms with Gasteiger partial charge in [-0.25, -0.2) is 0 Å². The Kier molecular flexibility index (Phi) is 6.18. The topological polar surface area (TPSA) is 67.4 Å². The molecule has 2 amide bonds. The Bertz CT molecular complexity index is 735. The number of carbonyl (C=O) groups is 2. The first-order valence-corrected chi connectivity index (χ1v) is 8.28. The summed E-state index contributed by atoms with van der Waals surface area (Å²) in [4.78, 5) is 23.7. The van der Waals surface area contributed by atoms with Gasteiger partial charge in [0, 0.05) is 10.0 Å². The molecular weight excluding hydrogens is 428 g/mol. The molecule has 0 aliphatic carbocycles. The molecule has 23 heavy (non-hydrogen) atoms. The average Bonchev–Trinajstić information content (AvgIpc) is 2.52. The number of ether oxygens (including phenoxy) is 1. The van der Waals surface area contributed by atoms with Crippen molar-refractivity contribution in [2.24, 2.45) is 0 Å². The van der Waals surface area contributed by atoms with Crippen LogP contribution in [0.5, 0.6) is 5.75 Å². The minimum absolute atomic E-state index is 0.214. The largest absolute Gasteiger partial charge is 0.483 e. The van der Waals surface area contributed by atoms with Crippen LogP contribution in [-0.2, 0) is 4.79 Å². The number of aryl methyl sites for hydroxylation is 1. The molecule has 2 aromatic carbocycles. The minimum Gasteiger partial charge on any atom is -0.483 e. The summed E-state index contributed by atoms with van der Waals surface area (Å²) in [5.74, 6) is -0.295. The van der Waals surface area contributed by atoms with Crippen molar-refractivity contribution in [1.29, 1.82) is 0 Å². The van der Waals surface area contributed by atoms with Crippen LogP contribution < -0.4 is 15.6 Å². The second-order valence-electron chi connectivity index (χ2n) is 4.68. The van der Waals surface area contributed by atoms with E-state index in [1.807, 2.05) is 25.1 Å². The lowest BCUT2D eigenvalue weighted by atomic mass is 10.1. The van der Waals surface area contributed by atoms with Crippen molar-refractivity contribution < 1.29 is 14.3 Å². The number of benzene rings is 2. The Labute approximate surface area is 150 Å². The number of hydrazine groups is 1. The van der Waals surface area contributed by atoms with E-state index in [9.17, 15) is 9.59 Å². The molecule has 0 aromatic heterocycles. The lowest BCUT2D eigenvalue weighted by Gasteiger charge is -2.11. The molecule has 0 saturated carbocycles. The molecule has 0 heterocycles. The molecule has 2 N–H and O–H groups in total. The third-order valence-corrected chi connectivity index (χ3v) is 4.07. The zero-order valence-electron chi connectivity index (χ0n) is 12.2. The van der Waals surface area contributed by atoms with Gasteiger partial charge in [0.2, 0.25) is 0 Å². The second kappa shape index (κ2) is 8.12. The van der Waals surface area contributed by atoms with Gasteiger partial charge < -0.3 is 4.74 Å².